The molecule has 5 nitrogen and oxygen atoms in total. The molecule has 0 aliphatic heterocycles. The number of carbonyl (C=O) groups is 1. The molecule has 5 heteroatoms. The van der Waals surface area contributed by atoms with Gasteiger partial charge in [-0.3, -0.25) is 10.1 Å². The number of para-hydroxylation sites is 2. The Morgan fingerprint density at radius 2 is 1.85 bits per heavy atom. The molecular formula is C21H24N2O3. The Morgan fingerprint density at radius 1 is 1.12 bits per heavy atom. The molecule has 1 atom stereocenters. The lowest BCUT2D eigenvalue weighted by molar-refractivity contribution is -0.139. The third-order valence-electron chi connectivity index (χ3n) is 4.27. The maximum atomic E-state index is 11.7. The van der Waals surface area contributed by atoms with Crippen LogP contribution in [0.5, 0.6) is 5.75 Å². The lowest BCUT2D eigenvalue weighted by Crippen LogP contribution is -2.38. The van der Waals surface area contributed by atoms with Gasteiger partial charge in [-0.05, 0) is 31.5 Å². The number of ether oxygens (including phenoxy) is 1. The van der Waals surface area contributed by atoms with Gasteiger partial charge in [-0.1, -0.05) is 36.4 Å². The molecule has 26 heavy (non-hydrogen) atoms. The Morgan fingerprint density at radius 3 is 2.62 bits per heavy atom. The summed E-state index contributed by atoms with van der Waals surface area (Å²) in [4.78, 5) is 14.9. The van der Waals surface area contributed by atoms with Gasteiger partial charge >= 0.3 is 5.97 Å². The quantitative estimate of drug-likeness (QED) is 0.577. The van der Waals surface area contributed by atoms with Gasteiger partial charge in [0.2, 0.25) is 0 Å². The highest BCUT2D eigenvalue weighted by Crippen LogP contribution is 2.21. The Balaban J connectivity index is 1.73. The first-order valence-corrected chi connectivity index (χ1v) is 8.80. The second-order valence-corrected chi connectivity index (χ2v) is 6.61. The zero-order chi connectivity index (χ0) is 18.5. The van der Waals surface area contributed by atoms with Crippen LogP contribution in [0, 0.1) is 0 Å². The van der Waals surface area contributed by atoms with Crippen LogP contribution in [0.3, 0.4) is 0 Å². The summed E-state index contributed by atoms with van der Waals surface area (Å²) in [6, 6.07) is 14.9. The Bertz CT molecular complexity index is 886. The Kier molecular flexibility index (Phi) is 5.58. The number of hydrogen-bond acceptors (Lipinski definition) is 3. The normalized spacial score (nSPS) is 12.4. The molecule has 1 aromatic heterocycles. The molecule has 0 saturated heterocycles. The highest BCUT2D eigenvalue weighted by molar-refractivity contribution is 5.84. The topological polar surface area (TPSA) is 74.3 Å². The molecular weight excluding hydrogens is 328 g/mol. The smallest absolute Gasteiger partial charge is 0.321 e. The lowest BCUT2D eigenvalue weighted by Gasteiger charge is -2.17. The fourth-order valence-electron chi connectivity index (χ4n) is 3.02. The van der Waals surface area contributed by atoms with Crippen LogP contribution in [-0.4, -0.2) is 28.2 Å². The van der Waals surface area contributed by atoms with Crippen LogP contribution in [0.4, 0.5) is 0 Å². The van der Waals surface area contributed by atoms with E-state index >= 15 is 0 Å². The number of aromatic nitrogens is 1. The van der Waals surface area contributed by atoms with Crippen LogP contribution in [0.2, 0.25) is 0 Å². The van der Waals surface area contributed by atoms with Crippen molar-refractivity contribution in [3.05, 3.63) is 65.9 Å². The van der Waals surface area contributed by atoms with Crippen molar-refractivity contribution in [2.75, 3.05) is 0 Å². The summed E-state index contributed by atoms with van der Waals surface area (Å²) in [7, 11) is 0. The number of benzene rings is 2. The van der Waals surface area contributed by atoms with Crippen molar-refractivity contribution in [2.45, 2.75) is 39.0 Å². The largest absolute Gasteiger partial charge is 0.491 e. The summed E-state index contributed by atoms with van der Waals surface area (Å²) in [6.45, 7) is 4.38. The minimum Gasteiger partial charge on any atom is -0.491 e. The van der Waals surface area contributed by atoms with Gasteiger partial charge in [0.15, 0.2) is 0 Å². The number of hydrogen-bond donors (Lipinski definition) is 3. The minimum absolute atomic E-state index is 0.0673. The first-order chi connectivity index (χ1) is 12.5. The second-order valence-electron chi connectivity index (χ2n) is 6.61. The van der Waals surface area contributed by atoms with Gasteiger partial charge in [0.25, 0.3) is 0 Å². The molecule has 0 radical (unpaired) electrons. The van der Waals surface area contributed by atoms with E-state index in [4.69, 9.17) is 4.74 Å². The number of aliphatic carboxylic acids is 1. The number of nitrogens with one attached hydrogen (secondary N) is 2. The molecule has 0 aliphatic carbocycles. The predicted octanol–water partition coefficient (Wildman–Crippen LogP) is 3.74. The van der Waals surface area contributed by atoms with Crippen molar-refractivity contribution < 1.29 is 14.6 Å². The fraction of sp³-hybridized carbons (Fsp3) is 0.286. The zero-order valence-electron chi connectivity index (χ0n) is 15.0. The number of rotatable bonds is 8. The third-order valence-corrected chi connectivity index (χ3v) is 4.27. The monoisotopic (exact) mass is 352 g/mol. The van der Waals surface area contributed by atoms with E-state index in [9.17, 15) is 9.90 Å². The van der Waals surface area contributed by atoms with Crippen molar-refractivity contribution in [1.29, 1.82) is 0 Å². The first-order valence-electron chi connectivity index (χ1n) is 8.80. The SMILES string of the molecule is CC(C)Oc1ccccc1CNC(Cc1c[nH]c2ccccc12)C(=O)O. The summed E-state index contributed by atoms with van der Waals surface area (Å²) in [6.07, 6.45) is 2.36. The first kappa shape index (κ1) is 18.0. The van der Waals surface area contributed by atoms with E-state index in [1.165, 1.54) is 0 Å². The molecule has 0 saturated carbocycles. The fourth-order valence-corrected chi connectivity index (χ4v) is 3.02. The highest BCUT2D eigenvalue weighted by Gasteiger charge is 2.20. The van der Waals surface area contributed by atoms with Gasteiger partial charge < -0.3 is 14.8 Å². The lowest BCUT2D eigenvalue weighted by atomic mass is 10.0. The summed E-state index contributed by atoms with van der Waals surface area (Å²) in [5.74, 6) is -0.0798. The van der Waals surface area contributed by atoms with Gasteiger partial charge in [0, 0.05) is 35.6 Å². The molecule has 1 heterocycles. The summed E-state index contributed by atoms with van der Waals surface area (Å²) < 4.78 is 5.81. The van der Waals surface area contributed by atoms with Gasteiger partial charge in [0.05, 0.1) is 6.10 Å². The van der Waals surface area contributed by atoms with Crippen molar-refractivity contribution in [3.63, 3.8) is 0 Å². The Labute approximate surface area is 153 Å². The van der Waals surface area contributed by atoms with E-state index in [2.05, 4.69) is 10.3 Å². The van der Waals surface area contributed by atoms with Crippen LogP contribution in [0.15, 0.2) is 54.7 Å². The maximum absolute atomic E-state index is 11.7. The van der Waals surface area contributed by atoms with E-state index in [1.54, 1.807) is 0 Å². The number of carboxylic acids is 1. The predicted molar refractivity (Wildman–Crippen MR) is 102 cm³/mol. The minimum atomic E-state index is -0.863. The van der Waals surface area contributed by atoms with Gasteiger partial charge in [-0.15, -0.1) is 0 Å². The Hall–Kier alpha value is -2.79. The highest BCUT2D eigenvalue weighted by atomic mass is 16.5. The molecule has 3 rings (SSSR count). The van der Waals surface area contributed by atoms with Crippen LogP contribution >= 0.6 is 0 Å². The van der Waals surface area contributed by atoms with Crippen LogP contribution in [0.1, 0.15) is 25.0 Å². The molecule has 136 valence electrons. The zero-order valence-corrected chi connectivity index (χ0v) is 15.0. The van der Waals surface area contributed by atoms with Crippen LogP contribution < -0.4 is 10.1 Å². The van der Waals surface area contributed by atoms with E-state index in [0.717, 1.165) is 27.8 Å². The van der Waals surface area contributed by atoms with Crippen LogP contribution in [-0.2, 0) is 17.8 Å². The standard InChI is InChI=1S/C21H24N2O3/c1-14(2)26-20-10-6-3-7-15(20)12-23-19(21(24)25)11-16-13-22-18-9-5-4-8-17(16)18/h3-10,13-14,19,22-23H,11-12H2,1-2H3,(H,24,25). The molecule has 0 aliphatic rings. The molecule has 3 aromatic rings. The van der Waals surface area contributed by atoms with E-state index in [-0.39, 0.29) is 6.10 Å². The van der Waals surface area contributed by atoms with Gasteiger partial charge in [-0.25, -0.2) is 0 Å². The average Bonchev–Trinajstić information content (AvgIpc) is 3.02. The second kappa shape index (κ2) is 8.06. The summed E-state index contributed by atoms with van der Waals surface area (Å²) in [5, 5.41) is 13.9. The molecule has 0 amide bonds. The number of aromatic amines is 1. The number of H-pyrrole nitrogens is 1. The summed E-state index contributed by atoms with van der Waals surface area (Å²) >= 11 is 0. The van der Waals surface area contributed by atoms with Crippen molar-refractivity contribution in [1.82, 2.24) is 10.3 Å². The molecule has 2 aromatic carbocycles. The van der Waals surface area contributed by atoms with Gasteiger partial charge in [-0.2, -0.15) is 0 Å². The van der Waals surface area contributed by atoms with Crippen molar-refractivity contribution in [2.24, 2.45) is 0 Å². The van der Waals surface area contributed by atoms with Gasteiger partial charge in [0.1, 0.15) is 11.8 Å². The third kappa shape index (κ3) is 4.24. The maximum Gasteiger partial charge on any atom is 0.321 e. The van der Waals surface area contributed by atoms with Crippen LogP contribution in [0.25, 0.3) is 10.9 Å². The van der Waals surface area contributed by atoms with Crippen molar-refractivity contribution in [3.8, 4) is 5.75 Å². The molecule has 3 N–H and O–H groups in total. The number of carboxylic acid groups (broad SMARTS) is 1. The van der Waals surface area contributed by atoms with E-state index in [1.807, 2.05) is 68.6 Å². The molecule has 0 bridgehead atoms. The number of fused-ring (bicyclic) bond motifs is 1. The average molecular weight is 352 g/mol. The van der Waals surface area contributed by atoms with E-state index in [0.29, 0.717) is 13.0 Å². The molecule has 0 fully saturated rings. The molecule has 1 unspecified atom stereocenters. The van der Waals surface area contributed by atoms with Crippen molar-refractivity contribution >= 4 is 16.9 Å². The molecule has 0 spiro atoms. The summed E-state index contributed by atoms with van der Waals surface area (Å²) in [5.41, 5.74) is 2.96. The van der Waals surface area contributed by atoms with E-state index < -0.39 is 12.0 Å².